The van der Waals surface area contributed by atoms with Gasteiger partial charge < -0.3 is 15.6 Å². The average Bonchev–Trinajstić information content (AvgIpc) is 2.65. The second-order valence-corrected chi connectivity index (χ2v) is 5.51. The Morgan fingerprint density at radius 3 is 2.47 bits per heavy atom. The first-order chi connectivity index (χ1) is 6.81. The van der Waals surface area contributed by atoms with Crippen molar-refractivity contribution >= 4 is 18.8 Å². The second kappa shape index (κ2) is 7.78. The zero-order valence-corrected chi connectivity index (χ0v) is 11.3. The van der Waals surface area contributed by atoms with Gasteiger partial charge in [0, 0.05) is 6.07 Å². The summed E-state index contributed by atoms with van der Waals surface area (Å²) in [7, 11) is 9.75. The Bertz CT molecular complexity index is 357. The first-order valence-corrected chi connectivity index (χ1v) is 9.07. The third-order valence-electron chi connectivity index (χ3n) is 1.50. The van der Waals surface area contributed by atoms with Crippen molar-refractivity contribution in [2.45, 2.75) is 0 Å². The summed E-state index contributed by atoms with van der Waals surface area (Å²) in [5.74, 6) is 1.37. The second-order valence-electron chi connectivity index (χ2n) is 2.23. The molecule has 0 atom stereocenters. The number of hydrogen-bond donors (Lipinski definition) is 1. The van der Waals surface area contributed by atoms with Gasteiger partial charge >= 0.3 is 35.3 Å². The average molecular weight is 430 g/mol. The molecule has 0 fully saturated rings. The minimum absolute atomic E-state index is 0. The molecule has 1 aromatic rings. The number of halogens is 2. The quantitative estimate of drug-likeness (QED) is 0.687. The topological polar surface area (TPSA) is 77.2 Å². The van der Waals surface area contributed by atoms with Crippen LogP contribution in [-0.4, -0.2) is 6.79 Å². The standard InChI is InChI=1S/C8H5NO2.2ClH.H3N.Pt/c9-4-6-1-2-7-8(3-6)11-5-10-7;;;;/h1-3H,5H2;2*1H;1H3;/q;;;;+2/p-2. The van der Waals surface area contributed by atoms with Crippen LogP contribution in [0.3, 0.4) is 0 Å². The Hall–Kier alpha value is -0.462. The van der Waals surface area contributed by atoms with Crippen LogP contribution >= 0.6 is 18.8 Å². The van der Waals surface area contributed by atoms with Gasteiger partial charge in [-0.2, -0.15) is 5.26 Å². The molecule has 0 saturated heterocycles. The normalized spacial score (nSPS) is 10.7. The summed E-state index contributed by atoms with van der Waals surface area (Å²) in [6.07, 6.45) is 0. The number of nitrogens with zero attached hydrogens (tertiary/aromatic N) is 1. The zero-order chi connectivity index (χ0) is 10.4. The summed E-state index contributed by atoms with van der Waals surface area (Å²) >= 11 is -0.472. The number of hydrogen-bond acceptors (Lipinski definition) is 4. The summed E-state index contributed by atoms with van der Waals surface area (Å²) < 4.78 is 10.1. The number of fused-ring (bicyclic) bond motifs is 1. The van der Waals surface area contributed by atoms with E-state index in [0.717, 1.165) is 0 Å². The van der Waals surface area contributed by atoms with Crippen LogP contribution in [-0.2, 0) is 16.5 Å². The Kier molecular flexibility index (Phi) is 7.54. The van der Waals surface area contributed by atoms with Crippen molar-refractivity contribution in [3.63, 3.8) is 0 Å². The third-order valence-corrected chi connectivity index (χ3v) is 1.50. The Morgan fingerprint density at radius 2 is 1.87 bits per heavy atom. The number of benzene rings is 1. The molecular formula is C8H8Cl2N2O2Pt. The summed E-state index contributed by atoms with van der Waals surface area (Å²) in [6.45, 7) is 0.254. The van der Waals surface area contributed by atoms with E-state index in [0.29, 0.717) is 17.1 Å². The van der Waals surface area contributed by atoms with Gasteiger partial charge in [0.25, 0.3) is 0 Å². The van der Waals surface area contributed by atoms with Crippen molar-refractivity contribution in [3.05, 3.63) is 23.8 Å². The maximum atomic E-state index is 8.52. The van der Waals surface area contributed by atoms with Crippen molar-refractivity contribution in [2.75, 3.05) is 6.79 Å². The Balaban J connectivity index is 0.000000443. The Labute approximate surface area is 104 Å². The fourth-order valence-electron chi connectivity index (χ4n) is 0.966. The van der Waals surface area contributed by atoms with Crippen LogP contribution in [0.25, 0.3) is 0 Å². The van der Waals surface area contributed by atoms with Crippen LogP contribution in [0.5, 0.6) is 11.5 Å². The van der Waals surface area contributed by atoms with E-state index in [1.807, 2.05) is 6.07 Å². The fourth-order valence-corrected chi connectivity index (χ4v) is 0.966. The summed E-state index contributed by atoms with van der Waals surface area (Å²) in [6, 6.07) is 7.13. The molecule has 2 rings (SSSR count). The van der Waals surface area contributed by atoms with Crippen LogP contribution in [0.4, 0.5) is 0 Å². The van der Waals surface area contributed by atoms with Crippen molar-refractivity contribution < 1.29 is 26.0 Å². The molecule has 86 valence electrons. The van der Waals surface area contributed by atoms with E-state index in [4.69, 9.17) is 33.6 Å². The molecule has 7 heteroatoms. The van der Waals surface area contributed by atoms with Gasteiger partial charge in [0.2, 0.25) is 6.79 Å². The molecule has 1 aromatic carbocycles. The molecule has 0 amide bonds. The van der Waals surface area contributed by atoms with Crippen molar-refractivity contribution in [1.29, 1.82) is 5.26 Å². The van der Waals surface area contributed by atoms with E-state index in [1.165, 1.54) is 0 Å². The molecule has 4 nitrogen and oxygen atoms in total. The molecule has 15 heavy (non-hydrogen) atoms. The molecule has 1 aliphatic heterocycles. The molecule has 1 heterocycles. The maximum absolute atomic E-state index is 8.52. The summed E-state index contributed by atoms with van der Waals surface area (Å²) in [5, 5.41) is 8.52. The van der Waals surface area contributed by atoms with Crippen LogP contribution in [0.1, 0.15) is 5.56 Å². The first-order valence-electron chi connectivity index (χ1n) is 3.44. The molecule has 0 aromatic heterocycles. The van der Waals surface area contributed by atoms with Crippen molar-refractivity contribution in [3.8, 4) is 17.6 Å². The monoisotopic (exact) mass is 429 g/mol. The van der Waals surface area contributed by atoms with E-state index in [-0.39, 0.29) is 12.9 Å². The zero-order valence-electron chi connectivity index (χ0n) is 7.48. The fraction of sp³-hybridized carbons (Fsp3) is 0.125. The molecule has 3 N–H and O–H groups in total. The number of rotatable bonds is 0. The first kappa shape index (κ1) is 14.5. The van der Waals surface area contributed by atoms with Gasteiger partial charge in [-0.25, -0.2) is 0 Å². The molecule has 0 aliphatic carbocycles. The van der Waals surface area contributed by atoms with Gasteiger partial charge in [0.1, 0.15) is 0 Å². The van der Waals surface area contributed by atoms with Gasteiger partial charge in [-0.15, -0.1) is 0 Å². The predicted octanol–water partition coefficient (Wildman–Crippen LogP) is 2.83. The molecule has 0 saturated carbocycles. The molecule has 0 radical (unpaired) electrons. The van der Waals surface area contributed by atoms with E-state index in [1.54, 1.807) is 18.2 Å². The summed E-state index contributed by atoms with van der Waals surface area (Å²) in [4.78, 5) is 0. The third kappa shape index (κ3) is 4.27. The predicted molar refractivity (Wildman–Crippen MR) is 54.0 cm³/mol. The van der Waals surface area contributed by atoms with Gasteiger partial charge in [0.05, 0.1) is 11.6 Å². The van der Waals surface area contributed by atoms with Crippen molar-refractivity contribution in [1.82, 2.24) is 6.15 Å². The van der Waals surface area contributed by atoms with Gasteiger partial charge in [-0.1, -0.05) is 0 Å². The van der Waals surface area contributed by atoms with Crippen LogP contribution in [0.15, 0.2) is 18.2 Å². The van der Waals surface area contributed by atoms with Crippen LogP contribution in [0.2, 0.25) is 0 Å². The van der Waals surface area contributed by atoms with Crippen LogP contribution < -0.4 is 15.6 Å². The van der Waals surface area contributed by atoms with Gasteiger partial charge in [0.15, 0.2) is 11.5 Å². The molecule has 0 bridgehead atoms. The van der Waals surface area contributed by atoms with E-state index in [9.17, 15) is 0 Å². The van der Waals surface area contributed by atoms with E-state index in [2.05, 4.69) is 0 Å². The number of nitriles is 1. The molecule has 0 spiro atoms. The SMILES string of the molecule is N.N#Cc1ccc2c(c1)OCO2.[Cl][Pt][Cl]. The molecular weight excluding hydrogens is 422 g/mol. The van der Waals surface area contributed by atoms with E-state index < -0.39 is 16.5 Å². The minimum atomic E-state index is -0.472. The van der Waals surface area contributed by atoms with Gasteiger partial charge in [-0.05, 0) is 12.1 Å². The molecule has 0 unspecified atom stereocenters. The Morgan fingerprint density at radius 1 is 1.27 bits per heavy atom. The van der Waals surface area contributed by atoms with Crippen molar-refractivity contribution in [2.24, 2.45) is 0 Å². The summed E-state index contributed by atoms with van der Waals surface area (Å²) in [5.41, 5.74) is 0.592. The van der Waals surface area contributed by atoms with Gasteiger partial charge in [-0.3, -0.25) is 0 Å². The van der Waals surface area contributed by atoms with Crippen LogP contribution in [0, 0.1) is 11.3 Å². The molecule has 1 aliphatic rings. The van der Waals surface area contributed by atoms with E-state index >= 15 is 0 Å². The number of ether oxygens (including phenoxy) is 2.